The average molecular weight is 304 g/mol. The maximum absolute atomic E-state index is 10.6. The van der Waals surface area contributed by atoms with Gasteiger partial charge in [0, 0.05) is 5.41 Å². The number of rotatable bonds is 1. The van der Waals surface area contributed by atoms with E-state index >= 15 is 0 Å². The molecule has 1 saturated heterocycles. The second kappa shape index (κ2) is 4.39. The molecule has 0 aromatic carbocycles. The number of ether oxygens (including phenoxy) is 1. The zero-order chi connectivity index (χ0) is 15.8. The van der Waals surface area contributed by atoms with Crippen molar-refractivity contribution < 1.29 is 9.84 Å². The Hall–Kier alpha value is -0.340. The Balaban J connectivity index is 1.68. The minimum atomic E-state index is -0.240. The largest absolute Gasteiger partial charge is 0.390 e. The van der Waals surface area contributed by atoms with E-state index in [1.165, 1.54) is 38.5 Å². The fourth-order valence-corrected chi connectivity index (χ4v) is 6.80. The Labute approximate surface area is 135 Å². The van der Waals surface area contributed by atoms with Crippen molar-refractivity contribution in [1.82, 2.24) is 0 Å². The summed E-state index contributed by atoms with van der Waals surface area (Å²) < 4.78 is 5.94. The zero-order valence-corrected chi connectivity index (χ0v) is 14.5. The first kappa shape index (κ1) is 15.2. The summed E-state index contributed by atoms with van der Waals surface area (Å²) in [5.74, 6) is 1.52. The molecule has 1 spiro atoms. The lowest BCUT2D eigenvalue weighted by Crippen LogP contribution is -2.62. The van der Waals surface area contributed by atoms with Gasteiger partial charge in [-0.05, 0) is 67.6 Å². The van der Waals surface area contributed by atoms with Crippen LogP contribution in [0.4, 0.5) is 0 Å². The Bertz CT molecular complexity index is 496. The monoisotopic (exact) mass is 304 g/mol. The summed E-state index contributed by atoms with van der Waals surface area (Å²) in [6.45, 7) is 12.3. The Morgan fingerprint density at radius 2 is 1.82 bits per heavy atom. The van der Waals surface area contributed by atoms with Crippen LogP contribution in [0.15, 0.2) is 12.7 Å². The molecule has 4 rings (SSSR count). The molecule has 7 atom stereocenters. The van der Waals surface area contributed by atoms with Gasteiger partial charge in [-0.3, -0.25) is 0 Å². The van der Waals surface area contributed by atoms with E-state index in [4.69, 9.17) is 4.74 Å². The Kier molecular flexibility index (Phi) is 3.03. The molecule has 3 saturated carbocycles. The molecule has 1 heterocycles. The molecule has 4 fully saturated rings. The first-order valence-corrected chi connectivity index (χ1v) is 9.25. The van der Waals surface area contributed by atoms with Crippen LogP contribution in [0.25, 0.3) is 0 Å². The van der Waals surface area contributed by atoms with Gasteiger partial charge < -0.3 is 9.84 Å². The third-order valence-electron chi connectivity index (χ3n) is 8.64. The molecule has 2 heteroatoms. The van der Waals surface area contributed by atoms with E-state index in [0.29, 0.717) is 16.7 Å². The second-order valence-corrected chi connectivity index (χ2v) is 9.55. The van der Waals surface area contributed by atoms with Crippen LogP contribution in [0, 0.1) is 28.1 Å². The fraction of sp³-hybridized carbons (Fsp3) is 0.900. The quantitative estimate of drug-likeness (QED) is 0.578. The van der Waals surface area contributed by atoms with Crippen molar-refractivity contribution in [1.29, 1.82) is 0 Å². The van der Waals surface area contributed by atoms with Crippen LogP contribution in [0.2, 0.25) is 0 Å². The van der Waals surface area contributed by atoms with Gasteiger partial charge in [-0.1, -0.05) is 26.8 Å². The third-order valence-corrected chi connectivity index (χ3v) is 8.64. The Morgan fingerprint density at radius 3 is 2.45 bits per heavy atom. The van der Waals surface area contributed by atoms with Crippen LogP contribution in [-0.2, 0) is 4.74 Å². The van der Waals surface area contributed by atoms with E-state index in [2.05, 4.69) is 33.4 Å². The molecule has 0 bridgehead atoms. The number of aliphatic hydroxyl groups is 1. The van der Waals surface area contributed by atoms with Crippen LogP contribution >= 0.6 is 0 Å². The van der Waals surface area contributed by atoms with Crippen LogP contribution in [-0.4, -0.2) is 23.4 Å². The lowest BCUT2D eigenvalue weighted by molar-refractivity contribution is -0.177. The third kappa shape index (κ3) is 1.69. The molecule has 0 aromatic rings. The SMILES string of the molecule is C=C[C@@]1(C)CC[C@@]2(C)[C@@H](CC[C@@]3(C)[C@@H]2CC[C@H](O)[C@@]32CO2)C1. The smallest absolute Gasteiger partial charge is 0.123 e. The first-order valence-electron chi connectivity index (χ1n) is 9.25. The standard InChI is InChI=1S/C20H32O2/c1-5-17(2)10-11-18(3)14(12-17)8-9-19(4)15(18)6-7-16(21)20(19)13-22-20/h5,14-16,21H,1,6-13H2,2-4H3/t14-,15+,16-,17-,18-,19-,20-/m0/s1. The van der Waals surface area contributed by atoms with Gasteiger partial charge in [0.25, 0.3) is 0 Å². The van der Waals surface area contributed by atoms with E-state index in [1.807, 2.05) is 0 Å². The van der Waals surface area contributed by atoms with Gasteiger partial charge >= 0.3 is 0 Å². The molecule has 4 aliphatic rings. The molecule has 1 N–H and O–H groups in total. The summed E-state index contributed by atoms with van der Waals surface area (Å²) in [6.07, 6.45) is 10.5. The summed E-state index contributed by atoms with van der Waals surface area (Å²) in [7, 11) is 0. The second-order valence-electron chi connectivity index (χ2n) is 9.55. The molecule has 0 radical (unpaired) electrons. The highest BCUT2D eigenvalue weighted by molar-refractivity contribution is 5.21. The minimum absolute atomic E-state index is 0.178. The van der Waals surface area contributed by atoms with Crippen LogP contribution in [0.3, 0.4) is 0 Å². The number of hydrogen-bond acceptors (Lipinski definition) is 2. The molecule has 3 aliphatic carbocycles. The van der Waals surface area contributed by atoms with E-state index in [0.717, 1.165) is 18.9 Å². The summed E-state index contributed by atoms with van der Waals surface area (Å²) >= 11 is 0. The first-order chi connectivity index (χ1) is 10.3. The van der Waals surface area contributed by atoms with Crippen molar-refractivity contribution in [2.24, 2.45) is 28.1 Å². The van der Waals surface area contributed by atoms with Crippen LogP contribution in [0.5, 0.6) is 0 Å². The van der Waals surface area contributed by atoms with Gasteiger partial charge in [0.05, 0.1) is 12.7 Å². The van der Waals surface area contributed by atoms with Gasteiger partial charge in [-0.25, -0.2) is 0 Å². The number of fused-ring (bicyclic) bond motifs is 4. The number of aliphatic hydroxyl groups excluding tert-OH is 1. The van der Waals surface area contributed by atoms with Gasteiger partial charge in [-0.15, -0.1) is 6.58 Å². The molecule has 0 aromatic heterocycles. The number of allylic oxidation sites excluding steroid dienone is 1. The molecule has 0 unspecified atom stereocenters. The normalized spacial score (nSPS) is 60.5. The van der Waals surface area contributed by atoms with Crippen LogP contribution < -0.4 is 0 Å². The summed E-state index contributed by atoms with van der Waals surface area (Å²) in [4.78, 5) is 0. The van der Waals surface area contributed by atoms with Crippen molar-refractivity contribution in [3.05, 3.63) is 12.7 Å². The van der Waals surface area contributed by atoms with Crippen molar-refractivity contribution in [3.63, 3.8) is 0 Å². The van der Waals surface area contributed by atoms with Gasteiger partial charge in [-0.2, -0.15) is 0 Å². The van der Waals surface area contributed by atoms with Gasteiger partial charge in [0.1, 0.15) is 5.60 Å². The number of epoxide rings is 1. The topological polar surface area (TPSA) is 32.8 Å². The van der Waals surface area contributed by atoms with E-state index in [9.17, 15) is 5.11 Å². The maximum Gasteiger partial charge on any atom is 0.123 e. The lowest BCUT2D eigenvalue weighted by Gasteiger charge is -2.64. The van der Waals surface area contributed by atoms with Crippen molar-refractivity contribution >= 4 is 0 Å². The van der Waals surface area contributed by atoms with E-state index in [-0.39, 0.29) is 17.1 Å². The predicted octanol–water partition coefficient (Wildman–Crippen LogP) is 4.33. The summed E-state index contributed by atoms with van der Waals surface area (Å²) in [6, 6.07) is 0. The molecule has 124 valence electrons. The molecular formula is C20H32O2. The molecule has 2 nitrogen and oxygen atoms in total. The Morgan fingerprint density at radius 1 is 1.09 bits per heavy atom. The highest BCUT2D eigenvalue weighted by atomic mass is 16.6. The van der Waals surface area contributed by atoms with Crippen molar-refractivity contribution in [2.75, 3.05) is 6.61 Å². The van der Waals surface area contributed by atoms with Gasteiger partial charge in [0.15, 0.2) is 0 Å². The van der Waals surface area contributed by atoms with Crippen molar-refractivity contribution in [3.8, 4) is 0 Å². The lowest BCUT2D eigenvalue weighted by atomic mass is 9.41. The minimum Gasteiger partial charge on any atom is -0.390 e. The zero-order valence-electron chi connectivity index (χ0n) is 14.5. The average Bonchev–Trinajstić information content (AvgIpc) is 3.28. The molecule has 22 heavy (non-hydrogen) atoms. The summed E-state index contributed by atoms with van der Waals surface area (Å²) in [5, 5.41) is 10.6. The fourth-order valence-electron chi connectivity index (χ4n) is 6.80. The highest BCUT2D eigenvalue weighted by Crippen LogP contribution is 2.70. The summed E-state index contributed by atoms with van der Waals surface area (Å²) in [5.41, 5.74) is 0.732. The van der Waals surface area contributed by atoms with E-state index < -0.39 is 0 Å². The molecule has 0 amide bonds. The highest BCUT2D eigenvalue weighted by Gasteiger charge is 2.72. The van der Waals surface area contributed by atoms with Gasteiger partial charge in [0.2, 0.25) is 0 Å². The predicted molar refractivity (Wildman–Crippen MR) is 88.5 cm³/mol. The maximum atomic E-state index is 10.6. The van der Waals surface area contributed by atoms with Crippen LogP contribution in [0.1, 0.15) is 65.7 Å². The molecule has 1 aliphatic heterocycles. The van der Waals surface area contributed by atoms with E-state index in [1.54, 1.807) is 0 Å². The van der Waals surface area contributed by atoms with Crippen molar-refractivity contribution in [2.45, 2.75) is 77.4 Å². The number of hydrogen-bond donors (Lipinski definition) is 1. The molecular weight excluding hydrogens is 272 g/mol.